The Morgan fingerprint density at radius 1 is 1.09 bits per heavy atom. The van der Waals surface area contributed by atoms with Crippen LogP contribution in [-0.2, 0) is 0 Å². The van der Waals surface area contributed by atoms with Gasteiger partial charge in [-0.25, -0.2) is 4.98 Å². The summed E-state index contributed by atoms with van der Waals surface area (Å²) in [6.07, 6.45) is 8.60. The van der Waals surface area contributed by atoms with E-state index in [0.717, 1.165) is 27.9 Å². The monoisotopic (exact) mass is 442 g/mol. The zero-order chi connectivity index (χ0) is 24.0. The summed E-state index contributed by atoms with van der Waals surface area (Å²) < 4.78 is 0. The number of fused-ring (bicyclic) bond motifs is 1. The molecule has 0 aliphatic heterocycles. The van der Waals surface area contributed by atoms with Crippen LogP contribution in [0, 0.1) is 18.3 Å². The van der Waals surface area contributed by atoms with Crippen LogP contribution in [0.1, 0.15) is 30.7 Å². The van der Waals surface area contributed by atoms with E-state index in [-0.39, 0.29) is 5.92 Å². The predicted molar refractivity (Wildman–Crippen MR) is 135 cm³/mol. The largest absolute Gasteiger partial charge is 0.404 e. The van der Waals surface area contributed by atoms with Crippen molar-refractivity contribution in [3.8, 4) is 0 Å². The quantitative estimate of drug-likeness (QED) is 0.265. The molecule has 8 nitrogen and oxygen atoms in total. The van der Waals surface area contributed by atoms with Crippen molar-refractivity contribution in [1.82, 2.24) is 20.3 Å². The molecule has 170 valence electrons. The molecule has 7 N–H and O–H groups in total. The van der Waals surface area contributed by atoms with Gasteiger partial charge < -0.3 is 22.1 Å². The van der Waals surface area contributed by atoms with Gasteiger partial charge in [-0.2, -0.15) is 0 Å². The molecule has 0 saturated heterocycles. The van der Waals surface area contributed by atoms with Gasteiger partial charge in [-0.1, -0.05) is 13.8 Å². The minimum atomic E-state index is 0.253. The van der Waals surface area contributed by atoms with Crippen molar-refractivity contribution in [2.24, 2.45) is 17.4 Å². The molecule has 3 aromatic heterocycles. The number of nitrogens with zero attached hydrogens (tertiary/aromatic N) is 3. The lowest BCUT2D eigenvalue weighted by molar-refractivity contribution is 0.786. The molecule has 0 aromatic carbocycles. The molecule has 8 heteroatoms. The highest BCUT2D eigenvalue weighted by atomic mass is 15.1. The lowest BCUT2D eigenvalue weighted by Gasteiger charge is -2.12. The molecule has 0 fully saturated rings. The lowest BCUT2D eigenvalue weighted by Crippen LogP contribution is -2.12. The Hall–Kier alpha value is -4.20. The van der Waals surface area contributed by atoms with Gasteiger partial charge in [0.25, 0.3) is 0 Å². The third-order valence-electron chi connectivity index (χ3n) is 5.05. The molecule has 33 heavy (non-hydrogen) atoms. The van der Waals surface area contributed by atoms with E-state index in [1.54, 1.807) is 37.9 Å². The van der Waals surface area contributed by atoms with Crippen molar-refractivity contribution in [2.45, 2.75) is 20.8 Å². The molecule has 0 atom stereocenters. The van der Waals surface area contributed by atoms with Gasteiger partial charge in [0.15, 0.2) is 0 Å². The highest BCUT2D eigenvalue weighted by molar-refractivity contribution is 6.30. The molecule has 3 aromatic rings. The van der Waals surface area contributed by atoms with Gasteiger partial charge in [0, 0.05) is 48.0 Å². The fourth-order valence-corrected chi connectivity index (χ4v) is 3.30. The molecule has 0 radical (unpaired) electrons. The number of aromatic nitrogens is 3. The molecular formula is C25H30N8. The number of rotatable bonds is 8. The van der Waals surface area contributed by atoms with Crippen LogP contribution in [0.3, 0.4) is 0 Å². The molecule has 0 aliphatic carbocycles. The second-order valence-electron chi connectivity index (χ2n) is 7.91. The number of hydrogen-bond acceptors (Lipinski definition) is 8. The Bertz CT molecular complexity index is 1250. The first-order valence-corrected chi connectivity index (χ1v) is 10.6. The van der Waals surface area contributed by atoms with Crippen LogP contribution < -0.4 is 22.1 Å². The maximum absolute atomic E-state index is 8.75. The van der Waals surface area contributed by atoms with Gasteiger partial charge in [-0.3, -0.25) is 15.4 Å². The van der Waals surface area contributed by atoms with Crippen molar-refractivity contribution in [1.29, 1.82) is 5.41 Å². The Kier molecular flexibility index (Phi) is 7.40. The highest BCUT2D eigenvalue weighted by Gasteiger charge is 2.13. The van der Waals surface area contributed by atoms with E-state index in [2.05, 4.69) is 25.6 Å². The zero-order valence-electron chi connectivity index (χ0n) is 19.3. The Labute approximate surface area is 194 Å². The van der Waals surface area contributed by atoms with E-state index in [1.807, 2.05) is 51.1 Å². The Balaban J connectivity index is 1.95. The number of nitrogens with two attached hydrogens (primary N) is 2. The molecule has 0 saturated carbocycles. The third kappa shape index (κ3) is 5.74. The van der Waals surface area contributed by atoms with Crippen LogP contribution in [0.25, 0.3) is 16.6 Å². The normalized spacial score (nSPS) is 12.8. The standard InChI is InChI=1S/C25H30N8/c1-15(2)18(12-26)11-23(27)33-24-6-5-21-22(32-24)10-19(13-31-21)20(14-29-4)25(28)17-7-8-30-16(3)9-17/h5-15,28-29H,26-27H2,1-4H3,(H,32,33)/b18-12+,20-14-,23-11+,28-25?. The van der Waals surface area contributed by atoms with E-state index in [1.165, 1.54) is 0 Å². The summed E-state index contributed by atoms with van der Waals surface area (Å²) in [5.41, 5.74) is 17.7. The fraction of sp³-hybridized carbons (Fsp3) is 0.200. The van der Waals surface area contributed by atoms with Crippen LogP contribution in [0.4, 0.5) is 5.82 Å². The second-order valence-corrected chi connectivity index (χ2v) is 7.91. The summed E-state index contributed by atoms with van der Waals surface area (Å²) in [7, 11) is 1.80. The molecule has 0 amide bonds. The van der Waals surface area contributed by atoms with E-state index in [9.17, 15) is 0 Å². The topological polar surface area (TPSA) is 139 Å². The molecule has 3 rings (SSSR count). The van der Waals surface area contributed by atoms with Crippen LogP contribution in [0.2, 0.25) is 0 Å². The highest BCUT2D eigenvalue weighted by Crippen LogP contribution is 2.23. The van der Waals surface area contributed by atoms with E-state index < -0.39 is 0 Å². The predicted octanol–water partition coefficient (Wildman–Crippen LogP) is 3.67. The van der Waals surface area contributed by atoms with Crippen molar-refractivity contribution < 1.29 is 0 Å². The van der Waals surface area contributed by atoms with Crippen molar-refractivity contribution >= 4 is 28.1 Å². The maximum atomic E-state index is 8.75. The minimum Gasteiger partial charge on any atom is -0.404 e. The molecule has 0 spiro atoms. The molecule has 3 heterocycles. The Morgan fingerprint density at radius 3 is 2.55 bits per heavy atom. The van der Waals surface area contributed by atoms with Crippen molar-refractivity contribution in [2.75, 3.05) is 12.4 Å². The average Bonchev–Trinajstić information content (AvgIpc) is 2.80. The fourth-order valence-electron chi connectivity index (χ4n) is 3.30. The Morgan fingerprint density at radius 2 is 1.88 bits per heavy atom. The van der Waals surface area contributed by atoms with Crippen LogP contribution >= 0.6 is 0 Å². The van der Waals surface area contributed by atoms with E-state index >= 15 is 0 Å². The van der Waals surface area contributed by atoms with Gasteiger partial charge >= 0.3 is 0 Å². The SMILES string of the molecule is CN/C=C(\C(=N)c1ccnc(C)c1)c1cnc2ccc(N/C(N)=C/C(=C\N)C(C)C)nc2c1. The maximum Gasteiger partial charge on any atom is 0.132 e. The zero-order valence-corrected chi connectivity index (χ0v) is 19.3. The van der Waals surface area contributed by atoms with Gasteiger partial charge in [0.1, 0.15) is 11.6 Å². The van der Waals surface area contributed by atoms with Crippen LogP contribution in [-0.4, -0.2) is 27.7 Å². The molecular weight excluding hydrogens is 412 g/mol. The summed E-state index contributed by atoms with van der Waals surface area (Å²) >= 11 is 0. The molecule has 0 unspecified atom stereocenters. The average molecular weight is 443 g/mol. The summed E-state index contributed by atoms with van der Waals surface area (Å²) in [5, 5.41) is 14.9. The number of allylic oxidation sites excluding steroid dienone is 3. The lowest BCUT2D eigenvalue weighted by atomic mass is 9.97. The minimum absolute atomic E-state index is 0.253. The summed E-state index contributed by atoms with van der Waals surface area (Å²) in [5.74, 6) is 1.29. The first-order chi connectivity index (χ1) is 15.8. The van der Waals surface area contributed by atoms with Gasteiger partial charge in [0.2, 0.25) is 0 Å². The molecule has 0 bridgehead atoms. The van der Waals surface area contributed by atoms with Gasteiger partial charge in [0.05, 0.1) is 16.7 Å². The van der Waals surface area contributed by atoms with Gasteiger partial charge in [-0.05, 0) is 61.0 Å². The van der Waals surface area contributed by atoms with Crippen molar-refractivity contribution in [3.63, 3.8) is 0 Å². The number of aryl methyl sites for hydroxylation is 1. The molecule has 0 aliphatic rings. The summed E-state index contributed by atoms with van der Waals surface area (Å²) in [6, 6.07) is 9.32. The third-order valence-corrected chi connectivity index (χ3v) is 5.05. The van der Waals surface area contributed by atoms with Crippen molar-refractivity contribution in [3.05, 3.63) is 89.4 Å². The van der Waals surface area contributed by atoms with Gasteiger partial charge in [-0.15, -0.1) is 0 Å². The number of pyridine rings is 3. The first-order valence-electron chi connectivity index (χ1n) is 10.6. The smallest absolute Gasteiger partial charge is 0.132 e. The number of nitrogens with one attached hydrogen (secondary N) is 3. The number of hydrogen-bond donors (Lipinski definition) is 5. The number of anilines is 1. The second kappa shape index (κ2) is 10.4. The first kappa shape index (κ1) is 23.5. The van der Waals surface area contributed by atoms with Crippen LogP contribution in [0.5, 0.6) is 0 Å². The summed E-state index contributed by atoms with van der Waals surface area (Å²) in [6.45, 7) is 6.00. The van der Waals surface area contributed by atoms with Crippen LogP contribution in [0.15, 0.2) is 72.6 Å². The van der Waals surface area contributed by atoms with E-state index in [4.69, 9.17) is 16.9 Å². The summed E-state index contributed by atoms with van der Waals surface area (Å²) in [4.78, 5) is 13.4. The van der Waals surface area contributed by atoms with E-state index in [0.29, 0.717) is 28.4 Å².